The van der Waals surface area contributed by atoms with Crippen LogP contribution in [0, 0.1) is 17.1 Å². The van der Waals surface area contributed by atoms with Crippen molar-refractivity contribution in [1.29, 1.82) is 5.26 Å². The van der Waals surface area contributed by atoms with E-state index < -0.39 is 11.4 Å². The van der Waals surface area contributed by atoms with E-state index in [9.17, 15) is 14.4 Å². The highest BCUT2D eigenvalue weighted by molar-refractivity contribution is 5.80. The molecule has 3 rings (SSSR count). The average molecular weight is 433 g/mol. The standard InChI is InChI=1S/C24H24FN5O2/c1-2-3-4-8-13-32-21-14-17(11-12-20(21)25)16-27-30-24-28-22(18-9-6-5-7-10-18)19(15-26)23(31)29-24/h5-7,9-12,14,16H,2-4,8,13H2,1H3,(H2,28,29,30,31). The third-order valence-electron chi connectivity index (χ3n) is 4.67. The van der Waals surface area contributed by atoms with Crippen molar-refractivity contribution in [3.05, 3.63) is 75.8 Å². The number of nitrogens with one attached hydrogen (secondary N) is 2. The Kier molecular flexibility index (Phi) is 8.09. The first-order chi connectivity index (χ1) is 15.6. The number of H-pyrrole nitrogens is 1. The first-order valence-corrected chi connectivity index (χ1v) is 10.4. The van der Waals surface area contributed by atoms with E-state index in [1.807, 2.05) is 12.1 Å². The smallest absolute Gasteiger partial charge is 0.270 e. The molecule has 3 aromatic rings. The van der Waals surface area contributed by atoms with Crippen molar-refractivity contribution in [3.8, 4) is 23.1 Å². The van der Waals surface area contributed by atoms with Gasteiger partial charge in [-0.25, -0.2) is 14.8 Å². The van der Waals surface area contributed by atoms with Crippen molar-refractivity contribution >= 4 is 12.2 Å². The van der Waals surface area contributed by atoms with E-state index in [-0.39, 0.29) is 23.0 Å². The lowest BCUT2D eigenvalue weighted by atomic mass is 10.1. The van der Waals surface area contributed by atoms with Gasteiger partial charge in [0, 0.05) is 5.56 Å². The Bertz CT molecular complexity index is 1170. The number of benzene rings is 2. The summed E-state index contributed by atoms with van der Waals surface area (Å²) in [5, 5.41) is 13.4. The number of hydrogen-bond acceptors (Lipinski definition) is 6. The Hall–Kier alpha value is -3.99. The van der Waals surface area contributed by atoms with Crippen molar-refractivity contribution < 1.29 is 9.13 Å². The minimum Gasteiger partial charge on any atom is -0.490 e. The minimum absolute atomic E-state index is 0.0787. The number of anilines is 1. The molecular formula is C24H24FN5O2. The molecule has 164 valence electrons. The molecule has 0 saturated carbocycles. The van der Waals surface area contributed by atoms with Gasteiger partial charge in [-0.05, 0) is 24.1 Å². The number of nitriles is 1. The second-order valence-corrected chi connectivity index (χ2v) is 7.08. The molecule has 0 spiro atoms. The quantitative estimate of drug-likeness (QED) is 0.270. The lowest BCUT2D eigenvalue weighted by molar-refractivity contribution is 0.290. The van der Waals surface area contributed by atoms with Crippen molar-refractivity contribution in [1.82, 2.24) is 9.97 Å². The molecule has 2 N–H and O–H groups in total. The normalized spacial score (nSPS) is 10.8. The molecule has 0 bridgehead atoms. The van der Waals surface area contributed by atoms with Gasteiger partial charge in [-0.1, -0.05) is 62.6 Å². The third kappa shape index (κ3) is 6.01. The topological polar surface area (TPSA) is 103 Å². The van der Waals surface area contributed by atoms with Crippen LogP contribution in [0.5, 0.6) is 5.75 Å². The van der Waals surface area contributed by atoms with Gasteiger partial charge in [-0.3, -0.25) is 9.78 Å². The molecule has 7 nitrogen and oxygen atoms in total. The molecule has 8 heteroatoms. The van der Waals surface area contributed by atoms with Crippen LogP contribution in [0.1, 0.15) is 43.7 Å². The number of unbranched alkanes of at least 4 members (excludes halogenated alkanes) is 3. The molecule has 0 atom stereocenters. The van der Waals surface area contributed by atoms with E-state index in [0.717, 1.165) is 25.7 Å². The first kappa shape index (κ1) is 22.7. The van der Waals surface area contributed by atoms with Gasteiger partial charge in [0.1, 0.15) is 11.6 Å². The number of rotatable bonds is 10. The zero-order valence-corrected chi connectivity index (χ0v) is 17.8. The van der Waals surface area contributed by atoms with Gasteiger partial charge in [-0.2, -0.15) is 10.4 Å². The van der Waals surface area contributed by atoms with E-state index >= 15 is 0 Å². The van der Waals surface area contributed by atoms with Crippen LogP contribution < -0.4 is 15.7 Å². The maximum Gasteiger partial charge on any atom is 0.270 e. The fourth-order valence-corrected chi connectivity index (χ4v) is 3.02. The first-order valence-electron chi connectivity index (χ1n) is 10.4. The van der Waals surface area contributed by atoms with Crippen LogP contribution in [0.15, 0.2) is 58.4 Å². The third-order valence-corrected chi connectivity index (χ3v) is 4.67. The summed E-state index contributed by atoms with van der Waals surface area (Å²) in [6, 6.07) is 15.3. The average Bonchev–Trinajstić information content (AvgIpc) is 2.81. The van der Waals surface area contributed by atoms with Gasteiger partial charge in [0.2, 0.25) is 5.95 Å². The molecule has 0 amide bonds. The van der Waals surface area contributed by atoms with Crippen molar-refractivity contribution in [2.75, 3.05) is 12.0 Å². The summed E-state index contributed by atoms with van der Waals surface area (Å²) in [5.74, 6) is -0.184. The van der Waals surface area contributed by atoms with Gasteiger partial charge in [0.25, 0.3) is 5.56 Å². The summed E-state index contributed by atoms with van der Waals surface area (Å²) in [7, 11) is 0. The summed E-state index contributed by atoms with van der Waals surface area (Å²) < 4.78 is 19.5. The van der Waals surface area contributed by atoms with Crippen molar-refractivity contribution in [3.63, 3.8) is 0 Å². The van der Waals surface area contributed by atoms with Crippen LogP contribution in [-0.4, -0.2) is 22.8 Å². The molecule has 0 aliphatic rings. The molecule has 0 unspecified atom stereocenters. The predicted molar refractivity (Wildman–Crippen MR) is 122 cm³/mol. The van der Waals surface area contributed by atoms with Crippen LogP contribution in [0.4, 0.5) is 10.3 Å². The zero-order valence-electron chi connectivity index (χ0n) is 17.8. The van der Waals surface area contributed by atoms with Crippen LogP contribution in [0.2, 0.25) is 0 Å². The lowest BCUT2D eigenvalue weighted by Crippen LogP contribution is -2.16. The predicted octanol–water partition coefficient (Wildman–Crippen LogP) is 4.85. The van der Waals surface area contributed by atoms with E-state index in [1.54, 1.807) is 36.4 Å². The van der Waals surface area contributed by atoms with Crippen molar-refractivity contribution in [2.45, 2.75) is 32.6 Å². The van der Waals surface area contributed by atoms with E-state index in [2.05, 4.69) is 27.4 Å². The second-order valence-electron chi connectivity index (χ2n) is 7.08. The van der Waals surface area contributed by atoms with Gasteiger partial charge >= 0.3 is 0 Å². The molecule has 0 fully saturated rings. The number of hydrogen-bond donors (Lipinski definition) is 2. The maximum absolute atomic E-state index is 14.0. The van der Waals surface area contributed by atoms with Crippen LogP contribution in [0.3, 0.4) is 0 Å². The highest BCUT2D eigenvalue weighted by Crippen LogP contribution is 2.20. The molecule has 0 aliphatic heterocycles. The fraction of sp³-hybridized carbons (Fsp3) is 0.250. The maximum atomic E-state index is 14.0. The van der Waals surface area contributed by atoms with E-state index in [0.29, 0.717) is 17.7 Å². The second kappa shape index (κ2) is 11.4. The van der Waals surface area contributed by atoms with Crippen LogP contribution in [0.25, 0.3) is 11.3 Å². The molecule has 0 radical (unpaired) electrons. The molecular weight excluding hydrogens is 409 g/mol. The molecule has 1 heterocycles. The van der Waals surface area contributed by atoms with Crippen LogP contribution in [-0.2, 0) is 0 Å². The molecule has 2 aromatic carbocycles. The lowest BCUT2D eigenvalue weighted by Gasteiger charge is -2.08. The Morgan fingerprint density at radius 1 is 1.22 bits per heavy atom. The number of hydrazone groups is 1. The molecule has 0 saturated heterocycles. The summed E-state index contributed by atoms with van der Waals surface area (Å²) in [5.41, 5.74) is 3.52. The number of halogens is 1. The van der Waals surface area contributed by atoms with E-state index in [4.69, 9.17) is 4.74 Å². The largest absolute Gasteiger partial charge is 0.490 e. The monoisotopic (exact) mass is 433 g/mol. The Labute approximate surface area is 185 Å². The number of ether oxygens (including phenoxy) is 1. The Balaban J connectivity index is 1.72. The fourth-order valence-electron chi connectivity index (χ4n) is 3.02. The summed E-state index contributed by atoms with van der Waals surface area (Å²) in [6.07, 6.45) is 5.63. The number of aromatic nitrogens is 2. The summed E-state index contributed by atoms with van der Waals surface area (Å²) in [6.45, 7) is 2.58. The SMILES string of the molecule is CCCCCCOc1cc(C=NNc2nc(-c3ccccc3)c(C#N)c(=O)[nH]2)ccc1F. The Morgan fingerprint density at radius 3 is 2.78 bits per heavy atom. The minimum atomic E-state index is -0.570. The highest BCUT2D eigenvalue weighted by Gasteiger charge is 2.12. The number of aromatic amines is 1. The van der Waals surface area contributed by atoms with Crippen LogP contribution >= 0.6 is 0 Å². The summed E-state index contributed by atoms with van der Waals surface area (Å²) >= 11 is 0. The van der Waals surface area contributed by atoms with Gasteiger partial charge in [-0.15, -0.1) is 0 Å². The molecule has 32 heavy (non-hydrogen) atoms. The summed E-state index contributed by atoms with van der Waals surface area (Å²) in [4.78, 5) is 19.1. The molecule has 1 aromatic heterocycles. The van der Waals surface area contributed by atoms with E-state index in [1.165, 1.54) is 12.3 Å². The van der Waals surface area contributed by atoms with Gasteiger partial charge in [0.05, 0.1) is 18.5 Å². The van der Waals surface area contributed by atoms with Crippen molar-refractivity contribution in [2.24, 2.45) is 5.10 Å². The van der Waals surface area contributed by atoms with Gasteiger partial charge < -0.3 is 4.74 Å². The van der Waals surface area contributed by atoms with Gasteiger partial charge in [0.15, 0.2) is 11.6 Å². The highest BCUT2D eigenvalue weighted by atomic mass is 19.1. The zero-order chi connectivity index (χ0) is 22.8. The number of nitrogens with zero attached hydrogens (tertiary/aromatic N) is 3. The molecule has 0 aliphatic carbocycles. The Morgan fingerprint density at radius 2 is 2.03 bits per heavy atom.